The Morgan fingerprint density at radius 2 is 2.09 bits per heavy atom. The second-order valence-electron chi connectivity index (χ2n) is 8.56. The number of amides is 1. The maximum absolute atomic E-state index is 12.6. The lowest BCUT2D eigenvalue weighted by Gasteiger charge is -2.15. The molecule has 2 saturated carbocycles. The normalized spacial score (nSPS) is 20.4. The minimum atomic E-state index is -0.261. The molecule has 3 aromatic rings. The summed E-state index contributed by atoms with van der Waals surface area (Å²) in [5.74, 6) is 1.78. The van der Waals surface area contributed by atoms with Crippen molar-refractivity contribution >= 4 is 11.7 Å². The molecule has 0 aromatic carbocycles. The highest BCUT2D eigenvalue weighted by atomic mass is 16.5. The maximum atomic E-state index is 12.6. The van der Waals surface area contributed by atoms with E-state index in [1.165, 1.54) is 18.4 Å². The first-order valence-corrected chi connectivity index (χ1v) is 11.0. The van der Waals surface area contributed by atoms with Gasteiger partial charge >= 0.3 is 0 Å². The maximum Gasteiger partial charge on any atom is 0.275 e. The van der Waals surface area contributed by atoms with E-state index in [4.69, 9.17) is 9.47 Å². The van der Waals surface area contributed by atoms with Gasteiger partial charge in [0.15, 0.2) is 5.82 Å². The molecule has 0 aliphatic heterocycles. The van der Waals surface area contributed by atoms with Crippen molar-refractivity contribution in [1.29, 1.82) is 0 Å². The van der Waals surface area contributed by atoms with Crippen LogP contribution < -0.4 is 10.1 Å². The van der Waals surface area contributed by atoms with Crippen LogP contribution in [0.2, 0.25) is 0 Å². The Hall–Kier alpha value is -3.27. The van der Waals surface area contributed by atoms with Crippen LogP contribution in [0, 0.1) is 0 Å². The molecule has 32 heavy (non-hydrogen) atoms. The van der Waals surface area contributed by atoms with Gasteiger partial charge in [0.1, 0.15) is 11.8 Å². The first-order valence-electron chi connectivity index (χ1n) is 11.0. The summed E-state index contributed by atoms with van der Waals surface area (Å²) < 4.78 is 12.8. The molecule has 10 heteroatoms. The lowest BCUT2D eigenvalue weighted by atomic mass is 10.0. The zero-order chi connectivity index (χ0) is 22.1. The van der Waals surface area contributed by atoms with Crippen LogP contribution in [0.15, 0.2) is 24.4 Å². The molecule has 0 saturated heterocycles. The monoisotopic (exact) mass is 437 g/mol. The number of hydrogen-bond acceptors (Lipinski definition) is 7. The van der Waals surface area contributed by atoms with Gasteiger partial charge in [-0.15, -0.1) is 5.10 Å². The highest BCUT2D eigenvalue weighted by Crippen LogP contribution is 2.44. The molecule has 2 N–H and O–H groups in total. The van der Waals surface area contributed by atoms with E-state index in [-0.39, 0.29) is 12.0 Å². The molecule has 0 radical (unpaired) electrons. The number of aryl methyl sites for hydroxylation is 1. The number of hydrogen-bond donors (Lipinski definition) is 2. The lowest BCUT2D eigenvalue weighted by Crippen LogP contribution is -2.16. The quantitative estimate of drug-likeness (QED) is 0.556. The highest BCUT2D eigenvalue weighted by Gasteiger charge is 2.32. The minimum Gasteiger partial charge on any atom is -0.473 e. The van der Waals surface area contributed by atoms with Gasteiger partial charge in [0.05, 0.1) is 18.5 Å². The number of carbonyl (C=O) groups excluding carboxylic acids is 1. The van der Waals surface area contributed by atoms with E-state index in [2.05, 4.69) is 30.8 Å². The van der Waals surface area contributed by atoms with Crippen molar-refractivity contribution in [1.82, 2.24) is 30.2 Å². The van der Waals surface area contributed by atoms with Crippen LogP contribution in [-0.4, -0.2) is 49.3 Å². The number of aromatic amines is 1. The third kappa shape index (κ3) is 4.36. The summed E-state index contributed by atoms with van der Waals surface area (Å²) in [5, 5.41) is 22.7. The van der Waals surface area contributed by atoms with Crippen LogP contribution in [0.3, 0.4) is 0 Å². The highest BCUT2D eigenvalue weighted by molar-refractivity contribution is 6.02. The third-order valence-corrected chi connectivity index (χ3v) is 6.13. The van der Waals surface area contributed by atoms with Gasteiger partial charge in [0.25, 0.3) is 5.91 Å². The van der Waals surface area contributed by atoms with Crippen LogP contribution in [0.25, 0.3) is 0 Å². The van der Waals surface area contributed by atoms with E-state index in [1.807, 2.05) is 12.1 Å². The van der Waals surface area contributed by atoms with Crippen molar-refractivity contribution in [2.45, 2.75) is 56.7 Å². The fourth-order valence-electron chi connectivity index (χ4n) is 4.36. The average molecular weight is 438 g/mol. The van der Waals surface area contributed by atoms with Crippen molar-refractivity contribution in [3.63, 3.8) is 0 Å². The van der Waals surface area contributed by atoms with Crippen LogP contribution in [0.5, 0.6) is 5.88 Å². The number of carbonyl (C=O) groups is 1. The molecule has 0 spiro atoms. The van der Waals surface area contributed by atoms with Crippen molar-refractivity contribution in [3.05, 3.63) is 47.0 Å². The SMILES string of the molecule is COCc1cc(C(=O)Nc2cc([C@@H]3CC[C@H](Oc4nnccc4C4CC4)C3)[nH]n2)n(C)n1. The molecule has 168 valence electrons. The van der Waals surface area contributed by atoms with Gasteiger partial charge in [-0.2, -0.15) is 15.3 Å². The van der Waals surface area contributed by atoms with Crippen LogP contribution in [-0.2, 0) is 18.4 Å². The van der Waals surface area contributed by atoms with Gasteiger partial charge in [-0.1, -0.05) is 0 Å². The fraction of sp³-hybridized carbons (Fsp3) is 0.500. The largest absolute Gasteiger partial charge is 0.473 e. The summed E-state index contributed by atoms with van der Waals surface area (Å²) >= 11 is 0. The number of nitrogens with one attached hydrogen (secondary N) is 2. The van der Waals surface area contributed by atoms with Crippen LogP contribution in [0.4, 0.5) is 5.82 Å². The van der Waals surface area contributed by atoms with E-state index in [1.54, 1.807) is 31.1 Å². The Bertz CT molecular complexity index is 1100. The van der Waals surface area contributed by atoms with E-state index in [9.17, 15) is 4.79 Å². The summed E-state index contributed by atoms with van der Waals surface area (Å²) in [6, 6.07) is 5.64. The second kappa shape index (κ2) is 8.70. The second-order valence-corrected chi connectivity index (χ2v) is 8.56. The molecular weight excluding hydrogens is 410 g/mol. The zero-order valence-electron chi connectivity index (χ0n) is 18.2. The summed E-state index contributed by atoms with van der Waals surface area (Å²) in [6.07, 6.45) is 7.05. The van der Waals surface area contributed by atoms with Crippen LogP contribution in [0.1, 0.15) is 71.4 Å². The fourth-order valence-corrected chi connectivity index (χ4v) is 4.36. The Labute approximate surface area is 185 Å². The standard InChI is InChI=1S/C22H27N7O3/c1-29-19(10-15(28-29)12-31-2)21(30)24-20-11-18(25-26-20)14-5-6-16(9-14)32-22-17(13-3-4-13)7-8-23-27-22/h7-8,10-11,13-14,16H,3-6,9,12H2,1-2H3,(H2,24,25,26,30)/t14-,16+/m1/s1. The molecule has 2 fully saturated rings. The predicted molar refractivity (Wildman–Crippen MR) is 115 cm³/mol. The van der Waals surface area contributed by atoms with Crippen molar-refractivity contribution in [3.8, 4) is 5.88 Å². The number of nitrogens with zero attached hydrogens (tertiary/aromatic N) is 5. The molecule has 1 amide bonds. The number of aromatic nitrogens is 6. The van der Waals surface area contributed by atoms with E-state index in [0.717, 1.165) is 25.0 Å². The van der Waals surface area contributed by atoms with Gasteiger partial charge in [-0.3, -0.25) is 14.6 Å². The Morgan fingerprint density at radius 3 is 2.91 bits per heavy atom. The topological polar surface area (TPSA) is 120 Å². The molecule has 2 aliphatic rings. The third-order valence-electron chi connectivity index (χ3n) is 6.13. The molecule has 2 atom stereocenters. The van der Waals surface area contributed by atoms with Gasteiger partial charge in [0, 0.05) is 37.4 Å². The summed E-state index contributed by atoms with van der Waals surface area (Å²) in [5.41, 5.74) is 3.33. The summed E-state index contributed by atoms with van der Waals surface area (Å²) in [6.45, 7) is 0.356. The Balaban J connectivity index is 1.20. The van der Waals surface area contributed by atoms with Gasteiger partial charge < -0.3 is 14.8 Å². The molecular formula is C22H27N7O3. The van der Waals surface area contributed by atoms with Crippen LogP contribution >= 0.6 is 0 Å². The Morgan fingerprint density at radius 1 is 1.25 bits per heavy atom. The first kappa shape index (κ1) is 20.6. The number of anilines is 1. The predicted octanol–water partition coefficient (Wildman–Crippen LogP) is 2.92. The van der Waals surface area contributed by atoms with Crippen molar-refractivity contribution in [2.75, 3.05) is 12.4 Å². The number of H-pyrrole nitrogens is 1. The van der Waals surface area contributed by atoms with E-state index in [0.29, 0.717) is 41.5 Å². The lowest BCUT2D eigenvalue weighted by molar-refractivity contribution is 0.101. The summed E-state index contributed by atoms with van der Waals surface area (Å²) in [7, 11) is 3.33. The smallest absolute Gasteiger partial charge is 0.275 e. The van der Waals surface area contributed by atoms with Gasteiger partial charge in [-0.25, -0.2) is 0 Å². The number of rotatable bonds is 8. The zero-order valence-corrected chi connectivity index (χ0v) is 18.2. The molecule has 5 rings (SSSR count). The molecule has 10 nitrogen and oxygen atoms in total. The molecule has 2 aliphatic carbocycles. The average Bonchev–Trinajstić information content (AvgIpc) is 3.15. The molecule has 0 unspecified atom stereocenters. The van der Waals surface area contributed by atoms with E-state index < -0.39 is 0 Å². The first-order chi connectivity index (χ1) is 15.6. The number of ether oxygens (including phenoxy) is 2. The Kier molecular flexibility index (Phi) is 5.60. The van der Waals surface area contributed by atoms with E-state index >= 15 is 0 Å². The molecule has 0 bridgehead atoms. The van der Waals surface area contributed by atoms with Crippen molar-refractivity contribution < 1.29 is 14.3 Å². The van der Waals surface area contributed by atoms with Gasteiger partial charge in [-0.05, 0) is 50.2 Å². The van der Waals surface area contributed by atoms with Gasteiger partial charge in [0.2, 0.25) is 5.88 Å². The van der Waals surface area contributed by atoms with Crippen molar-refractivity contribution in [2.24, 2.45) is 7.05 Å². The number of methoxy groups -OCH3 is 1. The molecule has 3 aromatic heterocycles. The minimum absolute atomic E-state index is 0.101. The molecule has 3 heterocycles. The summed E-state index contributed by atoms with van der Waals surface area (Å²) in [4.78, 5) is 12.6.